The van der Waals surface area contributed by atoms with Gasteiger partial charge in [-0.25, -0.2) is 13.4 Å². The van der Waals surface area contributed by atoms with Gasteiger partial charge in [-0.15, -0.1) is 0 Å². The molecule has 2 N–H and O–H groups in total. The Morgan fingerprint density at radius 3 is 2.58 bits per heavy atom. The summed E-state index contributed by atoms with van der Waals surface area (Å²) in [6.45, 7) is 0.229. The van der Waals surface area contributed by atoms with Crippen LogP contribution in [0.5, 0.6) is 5.75 Å². The second-order valence-corrected chi connectivity index (χ2v) is 11.2. The third-order valence-corrected chi connectivity index (χ3v) is 9.05. The van der Waals surface area contributed by atoms with E-state index in [9.17, 15) is 18.3 Å². The van der Waals surface area contributed by atoms with Gasteiger partial charge in [-0.2, -0.15) is 4.31 Å². The summed E-state index contributed by atoms with van der Waals surface area (Å²) in [5, 5.41) is 12.5. The number of anilines is 1. The van der Waals surface area contributed by atoms with Gasteiger partial charge in [0.2, 0.25) is 15.9 Å². The highest BCUT2D eigenvalue weighted by molar-refractivity contribution is 7.89. The molecule has 2 aromatic carbocycles. The number of benzene rings is 2. The normalized spacial score (nSPS) is 19.1. The SMILES string of the molecule is COc1ccccc1C1(C(=O)Nc2cccc(-c3ccc(S(=O)(=O)N4CCC[C@@H]4CO)cc3)n2)CC1.[HH].[HH].[HH]. The van der Waals surface area contributed by atoms with Crippen LogP contribution in [0.15, 0.2) is 71.6 Å². The fourth-order valence-corrected chi connectivity index (χ4v) is 6.61. The molecule has 0 bridgehead atoms. The van der Waals surface area contributed by atoms with E-state index >= 15 is 0 Å². The number of ether oxygens (including phenoxy) is 1. The quantitative estimate of drug-likeness (QED) is 0.465. The first-order chi connectivity index (χ1) is 17.4. The number of hydrogen-bond donors (Lipinski definition) is 2. The molecule has 8 nitrogen and oxygen atoms in total. The molecule has 0 unspecified atom stereocenters. The van der Waals surface area contributed by atoms with Gasteiger partial charge >= 0.3 is 0 Å². The minimum Gasteiger partial charge on any atom is -0.496 e. The molecule has 1 saturated heterocycles. The molecule has 2 fully saturated rings. The largest absolute Gasteiger partial charge is 0.496 e. The first kappa shape index (κ1) is 24.4. The van der Waals surface area contributed by atoms with Crippen molar-refractivity contribution in [3.05, 3.63) is 72.3 Å². The highest BCUT2D eigenvalue weighted by Gasteiger charge is 2.53. The fourth-order valence-electron chi connectivity index (χ4n) is 4.93. The predicted molar refractivity (Wildman–Crippen MR) is 143 cm³/mol. The van der Waals surface area contributed by atoms with E-state index < -0.39 is 15.4 Å². The van der Waals surface area contributed by atoms with Gasteiger partial charge in [0, 0.05) is 28.0 Å². The number of sulfonamides is 1. The number of carbonyl (C=O) groups excluding carboxylic acids is 1. The third-order valence-electron chi connectivity index (χ3n) is 7.09. The molecule has 1 aromatic heterocycles. The number of aliphatic hydroxyl groups is 1. The van der Waals surface area contributed by atoms with E-state index in [2.05, 4.69) is 10.3 Å². The summed E-state index contributed by atoms with van der Waals surface area (Å²) >= 11 is 0. The first-order valence-electron chi connectivity index (χ1n) is 12.0. The Bertz CT molecular complexity index is 1390. The summed E-state index contributed by atoms with van der Waals surface area (Å²) in [5.41, 5.74) is 1.60. The van der Waals surface area contributed by atoms with E-state index in [1.165, 1.54) is 4.31 Å². The van der Waals surface area contributed by atoms with Gasteiger partial charge in [-0.1, -0.05) is 36.4 Å². The number of methoxy groups -OCH3 is 1. The number of amides is 1. The predicted octanol–water partition coefficient (Wildman–Crippen LogP) is 4.31. The number of nitrogens with zero attached hydrogens (tertiary/aromatic N) is 2. The molecule has 2 heterocycles. The van der Waals surface area contributed by atoms with Crippen molar-refractivity contribution in [1.29, 1.82) is 0 Å². The number of aliphatic hydroxyl groups excluding tert-OH is 1. The second kappa shape index (κ2) is 9.65. The van der Waals surface area contributed by atoms with Gasteiger partial charge in [0.25, 0.3) is 0 Å². The second-order valence-electron chi connectivity index (χ2n) is 9.26. The minimum atomic E-state index is -3.68. The lowest BCUT2D eigenvalue weighted by atomic mass is 9.94. The van der Waals surface area contributed by atoms with E-state index in [0.717, 1.165) is 30.4 Å². The molecule has 1 atom stereocenters. The van der Waals surface area contributed by atoms with Crippen LogP contribution in [-0.4, -0.2) is 55.0 Å². The summed E-state index contributed by atoms with van der Waals surface area (Å²) < 4.78 is 32.9. The van der Waals surface area contributed by atoms with Crippen LogP contribution in [0.25, 0.3) is 11.3 Å². The summed E-state index contributed by atoms with van der Waals surface area (Å²) in [6.07, 6.45) is 2.88. The van der Waals surface area contributed by atoms with Crippen molar-refractivity contribution in [2.24, 2.45) is 0 Å². The van der Waals surface area contributed by atoms with Crippen LogP contribution in [0.2, 0.25) is 0 Å². The van der Waals surface area contributed by atoms with E-state index in [1.807, 2.05) is 30.3 Å². The van der Waals surface area contributed by atoms with Crippen LogP contribution in [0.4, 0.5) is 5.82 Å². The average molecular weight is 514 g/mol. The van der Waals surface area contributed by atoms with Crippen molar-refractivity contribution >= 4 is 21.7 Å². The molecular weight excluding hydrogens is 478 g/mol. The van der Waals surface area contributed by atoms with E-state index in [0.29, 0.717) is 30.2 Å². The number of rotatable bonds is 8. The van der Waals surface area contributed by atoms with Crippen molar-refractivity contribution in [3.63, 3.8) is 0 Å². The van der Waals surface area contributed by atoms with Gasteiger partial charge in [-0.3, -0.25) is 4.79 Å². The van der Waals surface area contributed by atoms with Gasteiger partial charge in [-0.05, 0) is 56.0 Å². The number of pyridine rings is 1. The Morgan fingerprint density at radius 2 is 1.89 bits per heavy atom. The number of hydrogen-bond acceptors (Lipinski definition) is 6. The first-order valence-corrected chi connectivity index (χ1v) is 13.5. The molecule has 0 spiro atoms. The minimum absolute atomic E-state index is 0. The summed E-state index contributed by atoms with van der Waals surface area (Å²) in [7, 11) is -2.08. The lowest BCUT2D eigenvalue weighted by Gasteiger charge is -2.22. The van der Waals surface area contributed by atoms with Crippen molar-refractivity contribution in [1.82, 2.24) is 9.29 Å². The van der Waals surface area contributed by atoms with Crippen LogP contribution >= 0.6 is 0 Å². The molecule has 3 aromatic rings. The maximum Gasteiger partial charge on any atom is 0.243 e. The zero-order chi connectivity index (χ0) is 25.3. The molecule has 1 aliphatic carbocycles. The fraction of sp³-hybridized carbons (Fsp3) is 0.333. The lowest BCUT2D eigenvalue weighted by molar-refractivity contribution is -0.118. The molecule has 1 amide bonds. The van der Waals surface area contributed by atoms with E-state index in [1.54, 1.807) is 43.5 Å². The molecule has 5 rings (SSSR count). The molecule has 194 valence electrons. The number of carbonyl (C=O) groups is 1. The zero-order valence-electron chi connectivity index (χ0n) is 20.1. The maximum atomic E-state index is 13.2. The Labute approximate surface area is 215 Å². The molecule has 1 aliphatic heterocycles. The monoisotopic (exact) mass is 513 g/mol. The van der Waals surface area contributed by atoms with Crippen molar-refractivity contribution < 1.29 is 27.3 Å². The third kappa shape index (κ3) is 4.38. The molecular formula is C27H35N3O5S. The van der Waals surface area contributed by atoms with Crippen molar-refractivity contribution in [2.45, 2.75) is 42.0 Å². The van der Waals surface area contributed by atoms with Crippen molar-refractivity contribution in [3.8, 4) is 17.0 Å². The topological polar surface area (TPSA) is 109 Å². The molecule has 1 saturated carbocycles. The Balaban J connectivity index is 0.00000178. The molecule has 9 heteroatoms. The summed E-state index contributed by atoms with van der Waals surface area (Å²) in [4.78, 5) is 18.0. The molecule has 36 heavy (non-hydrogen) atoms. The van der Waals surface area contributed by atoms with Crippen LogP contribution in [0.1, 0.15) is 35.5 Å². The molecule has 0 radical (unpaired) electrons. The Morgan fingerprint density at radius 1 is 1.14 bits per heavy atom. The van der Waals surface area contributed by atoms with Gasteiger partial charge in [0.15, 0.2) is 0 Å². The summed E-state index contributed by atoms with van der Waals surface area (Å²) in [5.74, 6) is 1.00. The van der Waals surface area contributed by atoms with Gasteiger partial charge in [0.1, 0.15) is 11.6 Å². The lowest BCUT2D eigenvalue weighted by Crippen LogP contribution is -2.37. The van der Waals surface area contributed by atoms with Crippen LogP contribution in [0, 0.1) is 0 Å². The Hall–Kier alpha value is -3.27. The standard InChI is InChI=1S/C27H29N3O5S.3H2/c1-35-24-9-3-2-7-22(24)27(15-16-27)26(32)29-25-10-4-8-23(28-25)19-11-13-21(14-12-19)36(33,34)30-17-5-6-20(30)18-31;;;/h2-4,7-14,20,31H,5-6,15-18H2,1H3,(H,28,29,32);3*1H/t20-;;;/m1.../s1. The van der Waals surface area contributed by atoms with Crippen LogP contribution < -0.4 is 10.1 Å². The number of nitrogens with one attached hydrogen (secondary N) is 1. The van der Waals surface area contributed by atoms with E-state index in [-0.39, 0.29) is 27.7 Å². The Kier molecular flexibility index (Phi) is 6.55. The highest BCUT2D eigenvalue weighted by Crippen LogP contribution is 2.52. The van der Waals surface area contributed by atoms with Gasteiger partial charge < -0.3 is 15.2 Å². The van der Waals surface area contributed by atoms with E-state index in [4.69, 9.17) is 4.74 Å². The smallest absolute Gasteiger partial charge is 0.243 e. The summed E-state index contributed by atoms with van der Waals surface area (Å²) in [6, 6.07) is 19.1. The zero-order valence-corrected chi connectivity index (χ0v) is 20.9. The highest BCUT2D eigenvalue weighted by atomic mass is 32.2. The van der Waals surface area contributed by atoms with Gasteiger partial charge in [0.05, 0.1) is 29.7 Å². The molecule has 2 aliphatic rings. The number of aromatic nitrogens is 1. The average Bonchev–Trinajstić information content (AvgIpc) is 3.57. The van der Waals surface area contributed by atoms with Crippen LogP contribution in [0.3, 0.4) is 0 Å². The number of para-hydroxylation sites is 1. The van der Waals surface area contributed by atoms with Crippen molar-refractivity contribution in [2.75, 3.05) is 25.6 Å². The van der Waals surface area contributed by atoms with Crippen LogP contribution in [-0.2, 0) is 20.2 Å². The maximum absolute atomic E-state index is 13.2.